The molecule has 132 valence electrons. The summed E-state index contributed by atoms with van der Waals surface area (Å²) in [6.07, 6.45) is 3.76. The lowest BCUT2D eigenvalue weighted by molar-refractivity contribution is 0.0945. The smallest absolute Gasteiger partial charge is 0.258 e. The highest BCUT2D eigenvalue weighted by Gasteiger charge is 2.24. The molecule has 0 spiro atoms. The summed E-state index contributed by atoms with van der Waals surface area (Å²) in [4.78, 5) is 16.6. The molecule has 0 atom stereocenters. The van der Waals surface area contributed by atoms with Crippen LogP contribution in [0.3, 0.4) is 0 Å². The number of hydrogen-bond acceptors (Lipinski definition) is 4. The highest BCUT2D eigenvalue weighted by Crippen LogP contribution is 2.31. The molecule has 0 radical (unpaired) electrons. The highest BCUT2D eigenvalue weighted by atomic mass is 35.5. The molecule has 7 heteroatoms. The molecule has 1 heterocycles. The van der Waals surface area contributed by atoms with Crippen LogP contribution in [0.2, 0.25) is 5.02 Å². The van der Waals surface area contributed by atoms with E-state index >= 15 is 0 Å². The van der Waals surface area contributed by atoms with Crippen LogP contribution in [0, 0.1) is 11.7 Å². The van der Waals surface area contributed by atoms with Gasteiger partial charge in [-0.3, -0.25) is 4.79 Å². The van der Waals surface area contributed by atoms with E-state index in [1.165, 1.54) is 31.5 Å². The maximum atomic E-state index is 13.7. The summed E-state index contributed by atoms with van der Waals surface area (Å²) < 4.78 is 24.2. The molecule has 1 aromatic carbocycles. The van der Waals surface area contributed by atoms with Crippen molar-refractivity contribution in [1.82, 2.24) is 10.3 Å². The third kappa shape index (κ3) is 4.39. The number of hydrogen-bond donors (Lipinski definition) is 1. The van der Waals surface area contributed by atoms with Crippen molar-refractivity contribution in [2.24, 2.45) is 5.92 Å². The van der Waals surface area contributed by atoms with Gasteiger partial charge < -0.3 is 14.8 Å². The Bertz CT molecular complexity index is 781. The van der Waals surface area contributed by atoms with E-state index in [0.29, 0.717) is 18.1 Å². The summed E-state index contributed by atoms with van der Waals surface area (Å²) in [7, 11) is 1.40. The lowest BCUT2D eigenvalue weighted by atomic mass is 10.2. The van der Waals surface area contributed by atoms with Gasteiger partial charge in [0.25, 0.3) is 5.91 Å². The van der Waals surface area contributed by atoms with Crippen LogP contribution in [0.4, 0.5) is 4.39 Å². The van der Waals surface area contributed by atoms with E-state index in [-0.39, 0.29) is 28.8 Å². The van der Waals surface area contributed by atoms with Crippen LogP contribution in [0.5, 0.6) is 11.6 Å². The van der Waals surface area contributed by atoms with Crippen molar-refractivity contribution >= 4 is 17.5 Å². The molecule has 0 aliphatic heterocycles. The average molecular weight is 365 g/mol. The van der Waals surface area contributed by atoms with E-state index < -0.39 is 11.7 Å². The molecule has 25 heavy (non-hydrogen) atoms. The number of pyridine rings is 1. The van der Waals surface area contributed by atoms with E-state index in [2.05, 4.69) is 10.3 Å². The first-order valence-corrected chi connectivity index (χ1v) is 8.34. The summed E-state index contributed by atoms with van der Waals surface area (Å²) in [5.41, 5.74) is 0.797. The fraction of sp³-hybridized carbons (Fsp3) is 0.333. The fourth-order valence-corrected chi connectivity index (χ4v) is 2.53. The minimum absolute atomic E-state index is 0.146. The van der Waals surface area contributed by atoms with Crippen LogP contribution >= 0.6 is 11.6 Å². The molecule has 3 rings (SSSR count). The molecule has 0 unspecified atom stereocenters. The third-order valence-electron chi connectivity index (χ3n) is 3.91. The normalized spacial score (nSPS) is 13.4. The van der Waals surface area contributed by atoms with Gasteiger partial charge in [-0.2, -0.15) is 0 Å². The average Bonchev–Trinajstić information content (AvgIpc) is 3.42. The number of carbonyl (C=O) groups excluding carboxylic acids is 1. The molecular formula is C18H18ClFN2O3. The van der Waals surface area contributed by atoms with Crippen LogP contribution < -0.4 is 14.8 Å². The van der Waals surface area contributed by atoms with Crippen molar-refractivity contribution in [3.8, 4) is 11.6 Å². The van der Waals surface area contributed by atoms with Crippen LogP contribution in [0.25, 0.3) is 0 Å². The Morgan fingerprint density at radius 3 is 2.88 bits per heavy atom. The van der Waals surface area contributed by atoms with Crippen molar-refractivity contribution in [3.63, 3.8) is 0 Å². The van der Waals surface area contributed by atoms with Crippen molar-refractivity contribution in [1.29, 1.82) is 0 Å². The Balaban J connectivity index is 1.69. The largest absolute Gasteiger partial charge is 0.494 e. The van der Waals surface area contributed by atoms with Gasteiger partial charge in [0.05, 0.1) is 18.7 Å². The number of amides is 1. The van der Waals surface area contributed by atoms with Crippen LogP contribution in [0.1, 0.15) is 28.8 Å². The maximum Gasteiger partial charge on any atom is 0.258 e. The summed E-state index contributed by atoms with van der Waals surface area (Å²) in [6.45, 7) is 0.671. The van der Waals surface area contributed by atoms with Crippen molar-refractivity contribution in [3.05, 3.63) is 52.4 Å². The topological polar surface area (TPSA) is 60.5 Å². The second-order valence-corrected chi connectivity index (χ2v) is 6.29. The summed E-state index contributed by atoms with van der Waals surface area (Å²) in [5, 5.41) is 2.98. The van der Waals surface area contributed by atoms with Crippen LogP contribution in [0.15, 0.2) is 30.5 Å². The standard InChI is InChI=1S/C18H18ClFN2O3/c1-24-15-5-4-12(8-14(15)20)9-22-17(23)16-13(19)6-7-21-18(16)25-10-11-2-3-11/h4-8,11H,2-3,9-10H2,1H3,(H,22,23). The number of ether oxygens (including phenoxy) is 2. The first-order valence-electron chi connectivity index (χ1n) is 7.96. The Hall–Kier alpha value is -2.34. The molecule has 1 aliphatic carbocycles. The highest BCUT2D eigenvalue weighted by molar-refractivity contribution is 6.34. The van der Waals surface area contributed by atoms with Crippen molar-refractivity contribution < 1.29 is 18.7 Å². The predicted molar refractivity (Wildman–Crippen MR) is 91.6 cm³/mol. The van der Waals surface area contributed by atoms with Crippen LogP contribution in [-0.4, -0.2) is 24.6 Å². The molecule has 5 nitrogen and oxygen atoms in total. The lowest BCUT2D eigenvalue weighted by Gasteiger charge is -2.12. The molecule has 1 N–H and O–H groups in total. The van der Waals surface area contributed by atoms with Gasteiger partial charge in [0.2, 0.25) is 5.88 Å². The SMILES string of the molecule is COc1ccc(CNC(=O)c2c(Cl)ccnc2OCC2CC2)cc1F. The maximum absolute atomic E-state index is 13.7. The number of carbonyl (C=O) groups is 1. The van der Waals surface area contributed by atoms with Gasteiger partial charge in [0.1, 0.15) is 5.56 Å². The summed E-state index contributed by atoms with van der Waals surface area (Å²) in [5.74, 6) is 0.000148. The number of benzene rings is 1. The first-order chi connectivity index (χ1) is 12.1. The Labute approximate surface area is 150 Å². The van der Waals surface area contributed by atoms with Gasteiger partial charge in [-0.25, -0.2) is 9.37 Å². The third-order valence-corrected chi connectivity index (χ3v) is 4.23. The molecule has 1 saturated carbocycles. The van der Waals surface area contributed by atoms with Crippen molar-refractivity contribution in [2.75, 3.05) is 13.7 Å². The zero-order valence-electron chi connectivity index (χ0n) is 13.7. The fourth-order valence-electron chi connectivity index (χ4n) is 2.31. The van der Waals surface area contributed by atoms with Gasteiger partial charge in [0.15, 0.2) is 11.6 Å². The molecule has 0 saturated heterocycles. The molecule has 1 amide bonds. The van der Waals surface area contributed by atoms with Crippen molar-refractivity contribution in [2.45, 2.75) is 19.4 Å². The van der Waals surface area contributed by atoms with Gasteiger partial charge >= 0.3 is 0 Å². The van der Waals surface area contributed by atoms with E-state index in [0.717, 1.165) is 12.8 Å². The van der Waals surface area contributed by atoms with Gasteiger partial charge in [-0.1, -0.05) is 17.7 Å². The number of aromatic nitrogens is 1. The molecule has 2 aromatic rings. The molecule has 0 bridgehead atoms. The van der Waals surface area contributed by atoms with Gasteiger partial charge in [-0.15, -0.1) is 0 Å². The predicted octanol–water partition coefficient (Wildman–Crippen LogP) is 3.60. The molecule has 1 aliphatic rings. The monoisotopic (exact) mass is 364 g/mol. The zero-order chi connectivity index (χ0) is 17.8. The number of methoxy groups -OCH3 is 1. The Morgan fingerprint density at radius 1 is 1.40 bits per heavy atom. The minimum Gasteiger partial charge on any atom is -0.494 e. The second kappa shape index (κ2) is 7.70. The first kappa shape index (κ1) is 17.5. The number of nitrogens with zero attached hydrogens (tertiary/aromatic N) is 1. The molecule has 1 aromatic heterocycles. The van der Waals surface area contributed by atoms with Gasteiger partial charge in [0, 0.05) is 12.7 Å². The molecular weight excluding hydrogens is 347 g/mol. The summed E-state index contributed by atoms with van der Waals surface area (Å²) >= 11 is 6.14. The number of rotatable bonds is 7. The second-order valence-electron chi connectivity index (χ2n) is 5.88. The number of nitrogens with one attached hydrogen (secondary N) is 1. The van der Waals surface area contributed by atoms with E-state index in [1.54, 1.807) is 6.07 Å². The Kier molecular flexibility index (Phi) is 5.38. The number of halogens is 2. The van der Waals surface area contributed by atoms with E-state index in [9.17, 15) is 9.18 Å². The Morgan fingerprint density at radius 2 is 2.20 bits per heavy atom. The van der Waals surface area contributed by atoms with Crippen LogP contribution in [-0.2, 0) is 6.54 Å². The zero-order valence-corrected chi connectivity index (χ0v) is 14.5. The minimum atomic E-state index is -0.484. The molecule has 1 fully saturated rings. The van der Waals surface area contributed by atoms with E-state index in [4.69, 9.17) is 21.1 Å². The van der Waals surface area contributed by atoms with E-state index in [1.807, 2.05) is 0 Å². The quantitative estimate of drug-likeness (QED) is 0.815. The lowest BCUT2D eigenvalue weighted by Crippen LogP contribution is -2.24. The summed E-state index contributed by atoms with van der Waals surface area (Å²) in [6, 6.07) is 6.04. The van der Waals surface area contributed by atoms with Gasteiger partial charge in [-0.05, 0) is 42.5 Å².